The van der Waals surface area contributed by atoms with Gasteiger partial charge in [-0.15, -0.1) is 0 Å². The molecule has 19 heavy (non-hydrogen) atoms. The Morgan fingerprint density at radius 3 is 2.68 bits per heavy atom. The number of nitrogens with zero attached hydrogens (tertiary/aromatic N) is 1. The summed E-state index contributed by atoms with van der Waals surface area (Å²) in [6, 6.07) is 7.00. The highest BCUT2D eigenvalue weighted by molar-refractivity contribution is 6.08. The summed E-state index contributed by atoms with van der Waals surface area (Å²) in [5.41, 5.74) is 0.639. The van der Waals surface area contributed by atoms with Crippen LogP contribution in [0.4, 0.5) is 0 Å². The summed E-state index contributed by atoms with van der Waals surface area (Å²) in [7, 11) is 1.55. The molecule has 1 N–H and O–H groups in total. The predicted molar refractivity (Wildman–Crippen MR) is 66.3 cm³/mol. The van der Waals surface area contributed by atoms with Gasteiger partial charge in [0.2, 0.25) is 11.8 Å². The van der Waals surface area contributed by atoms with E-state index in [0.717, 1.165) is 0 Å². The van der Waals surface area contributed by atoms with E-state index in [1.54, 1.807) is 31.4 Å². The lowest BCUT2D eigenvalue weighted by Crippen LogP contribution is -2.36. The minimum absolute atomic E-state index is 0.0256. The number of hydrogen-bond acceptors (Lipinski definition) is 4. The number of likely N-dealkylation sites (tertiary alicyclic amines) is 1. The zero-order chi connectivity index (χ0) is 13.6. The normalized spacial score (nSPS) is 26.3. The lowest BCUT2D eigenvalue weighted by molar-refractivity contribution is -0.143. The van der Waals surface area contributed by atoms with Gasteiger partial charge in [0.1, 0.15) is 5.75 Å². The molecule has 0 bridgehead atoms. The first-order chi connectivity index (χ1) is 9.11. The van der Waals surface area contributed by atoms with Gasteiger partial charge in [0.15, 0.2) is 0 Å². The number of imide groups is 1. The maximum atomic E-state index is 11.8. The minimum Gasteiger partial charge on any atom is -0.497 e. The van der Waals surface area contributed by atoms with E-state index >= 15 is 0 Å². The molecule has 1 saturated heterocycles. The van der Waals surface area contributed by atoms with Crippen LogP contribution in [0.5, 0.6) is 5.75 Å². The van der Waals surface area contributed by atoms with Crippen molar-refractivity contribution in [3.8, 4) is 5.75 Å². The molecule has 1 aliphatic carbocycles. The van der Waals surface area contributed by atoms with Crippen LogP contribution in [0.15, 0.2) is 24.3 Å². The molecule has 3 unspecified atom stereocenters. The summed E-state index contributed by atoms with van der Waals surface area (Å²) in [4.78, 5) is 24.8. The van der Waals surface area contributed by atoms with Crippen LogP contribution in [0.2, 0.25) is 0 Å². The molecule has 3 rings (SSSR count). The minimum atomic E-state index is -0.875. The van der Waals surface area contributed by atoms with Gasteiger partial charge in [-0.3, -0.25) is 14.5 Å². The van der Waals surface area contributed by atoms with Crippen molar-refractivity contribution in [2.75, 3.05) is 13.7 Å². The Morgan fingerprint density at radius 2 is 2.05 bits per heavy atom. The smallest absolute Gasteiger partial charge is 0.233 e. The third-order valence-corrected chi connectivity index (χ3v) is 3.79. The van der Waals surface area contributed by atoms with Crippen LogP contribution in [0.1, 0.15) is 18.1 Å². The van der Waals surface area contributed by atoms with E-state index < -0.39 is 6.10 Å². The molecule has 2 aliphatic rings. The van der Waals surface area contributed by atoms with E-state index in [1.165, 1.54) is 4.90 Å². The molecule has 5 nitrogen and oxygen atoms in total. The zero-order valence-electron chi connectivity index (χ0n) is 10.6. The number of fused-ring (bicyclic) bond motifs is 1. The van der Waals surface area contributed by atoms with Crippen LogP contribution in [-0.2, 0) is 9.59 Å². The van der Waals surface area contributed by atoms with Gasteiger partial charge in [0.05, 0.1) is 31.6 Å². The van der Waals surface area contributed by atoms with Crippen LogP contribution in [0, 0.1) is 11.8 Å². The first kappa shape index (κ1) is 12.2. The zero-order valence-corrected chi connectivity index (χ0v) is 10.6. The van der Waals surface area contributed by atoms with Gasteiger partial charge in [-0.25, -0.2) is 0 Å². The van der Waals surface area contributed by atoms with E-state index in [9.17, 15) is 14.7 Å². The van der Waals surface area contributed by atoms with Crippen LogP contribution in [-0.4, -0.2) is 35.5 Å². The van der Waals surface area contributed by atoms with Gasteiger partial charge in [0.25, 0.3) is 0 Å². The lowest BCUT2D eigenvalue weighted by atomic mass is 10.1. The van der Waals surface area contributed by atoms with Crippen LogP contribution >= 0.6 is 0 Å². The number of piperidine rings is 1. The molecular formula is C14H15NO4. The molecule has 2 fully saturated rings. The third-order valence-electron chi connectivity index (χ3n) is 3.79. The van der Waals surface area contributed by atoms with Crippen molar-refractivity contribution >= 4 is 11.8 Å². The topological polar surface area (TPSA) is 66.8 Å². The van der Waals surface area contributed by atoms with Crippen molar-refractivity contribution in [2.24, 2.45) is 11.8 Å². The van der Waals surface area contributed by atoms with E-state index in [-0.39, 0.29) is 30.2 Å². The Labute approximate surface area is 110 Å². The summed E-state index contributed by atoms with van der Waals surface area (Å²) in [5.74, 6) is 0.113. The predicted octanol–water partition coefficient (Wildman–Crippen LogP) is 0.734. The number of hydrogen-bond donors (Lipinski definition) is 1. The first-order valence-corrected chi connectivity index (χ1v) is 6.29. The highest BCUT2D eigenvalue weighted by Gasteiger charge is 2.58. The van der Waals surface area contributed by atoms with Crippen LogP contribution in [0.25, 0.3) is 0 Å². The Hall–Kier alpha value is -1.88. The van der Waals surface area contributed by atoms with Gasteiger partial charge in [-0.2, -0.15) is 0 Å². The number of carbonyl (C=O) groups excluding carboxylic acids is 2. The number of ether oxygens (including phenoxy) is 1. The fourth-order valence-corrected chi connectivity index (χ4v) is 2.56. The molecule has 2 amide bonds. The summed E-state index contributed by atoms with van der Waals surface area (Å²) in [6.45, 7) is 0.0256. The maximum absolute atomic E-state index is 11.8. The Bertz CT molecular complexity index is 522. The number of benzene rings is 1. The average Bonchev–Trinajstić information content (AvgIpc) is 3.19. The van der Waals surface area contributed by atoms with Crippen molar-refractivity contribution < 1.29 is 19.4 Å². The quantitative estimate of drug-likeness (QED) is 0.811. The number of aliphatic hydroxyl groups excluding tert-OH is 1. The van der Waals surface area contributed by atoms with E-state index in [4.69, 9.17) is 4.74 Å². The van der Waals surface area contributed by atoms with Crippen molar-refractivity contribution in [1.29, 1.82) is 0 Å². The van der Waals surface area contributed by atoms with Crippen molar-refractivity contribution in [3.05, 3.63) is 29.8 Å². The average molecular weight is 261 g/mol. The van der Waals surface area contributed by atoms with Crippen LogP contribution in [0.3, 0.4) is 0 Å². The number of methoxy groups -OCH3 is 1. The number of aliphatic hydroxyl groups is 1. The number of rotatable bonds is 4. The molecule has 1 aromatic rings. The number of carbonyl (C=O) groups is 2. The molecule has 3 atom stereocenters. The van der Waals surface area contributed by atoms with Crippen molar-refractivity contribution in [1.82, 2.24) is 4.90 Å². The van der Waals surface area contributed by atoms with Crippen LogP contribution < -0.4 is 4.74 Å². The highest BCUT2D eigenvalue weighted by atomic mass is 16.5. The van der Waals surface area contributed by atoms with E-state index in [1.807, 2.05) is 0 Å². The Kier molecular flexibility index (Phi) is 2.78. The SMILES string of the molecule is COc1cccc(C(O)CN2C(=O)C3CC3C2=O)c1. The summed E-state index contributed by atoms with van der Waals surface area (Å²) < 4.78 is 5.08. The van der Waals surface area contributed by atoms with E-state index in [0.29, 0.717) is 17.7 Å². The second-order valence-corrected chi connectivity index (χ2v) is 5.03. The lowest BCUT2D eigenvalue weighted by Gasteiger charge is -2.20. The maximum Gasteiger partial charge on any atom is 0.233 e. The number of β-amino-alcohol motifs (C(OH)–C–C–N with tert-alkyl or cyclic N) is 1. The fourth-order valence-electron chi connectivity index (χ4n) is 2.56. The van der Waals surface area contributed by atoms with E-state index in [2.05, 4.69) is 0 Å². The Morgan fingerprint density at radius 1 is 1.37 bits per heavy atom. The molecule has 5 heteroatoms. The summed E-state index contributed by atoms with van der Waals surface area (Å²) >= 11 is 0. The van der Waals surface area contributed by atoms with Gasteiger partial charge >= 0.3 is 0 Å². The molecule has 0 aromatic heterocycles. The fraction of sp³-hybridized carbons (Fsp3) is 0.429. The largest absolute Gasteiger partial charge is 0.497 e. The highest BCUT2D eigenvalue weighted by Crippen LogP contribution is 2.47. The molecule has 0 radical (unpaired) electrons. The monoisotopic (exact) mass is 261 g/mol. The molecular weight excluding hydrogens is 246 g/mol. The second kappa shape index (κ2) is 4.35. The Balaban J connectivity index is 1.72. The standard InChI is InChI=1S/C14H15NO4/c1-19-9-4-2-3-8(5-9)12(16)7-15-13(17)10-6-11(10)14(15)18/h2-5,10-12,16H,6-7H2,1H3. The van der Waals surface area contributed by atoms with Gasteiger partial charge in [0, 0.05) is 0 Å². The van der Waals surface area contributed by atoms with Crippen molar-refractivity contribution in [2.45, 2.75) is 12.5 Å². The molecule has 1 aromatic carbocycles. The molecule has 1 heterocycles. The molecule has 1 aliphatic heterocycles. The number of amides is 2. The second-order valence-electron chi connectivity index (χ2n) is 5.03. The third kappa shape index (κ3) is 2.00. The molecule has 0 spiro atoms. The van der Waals surface area contributed by atoms with Crippen molar-refractivity contribution in [3.63, 3.8) is 0 Å². The van der Waals surface area contributed by atoms with Gasteiger partial charge in [-0.05, 0) is 24.1 Å². The molecule has 100 valence electrons. The first-order valence-electron chi connectivity index (χ1n) is 6.29. The summed E-state index contributed by atoms with van der Waals surface area (Å²) in [5, 5.41) is 10.1. The van der Waals surface area contributed by atoms with Gasteiger partial charge in [-0.1, -0.05) is 12.1 Å². The molecule has 1 saturated carbocycles. The van der Waals surface area contributed by atoms with Gasteiger partial charge < -0.3 is 9.84 Å². The summed E-state index contributed by atoms with van der Waals surface area (Å²) in [6.07, 6.45) is -0.191.